The molecule has 0 saturated carbocycles. The summed E-state index contributed by atoms with van der Waals surface area (Å²) >= 11 is 1.65. The Morgan fingerprint density at radius 1 is 1.53 bits per heavy atom. The van der Waals surface area contributed by atoms with Crippen molar-refractivity contribution in [1.82, 2.24) is 10.6 Å². The number of amides is 1. The quantitative estimate of drug-likeness (QED) is 0.863. The molecular weight excluding hydrogens is 274 g/mol. The number of hydrogen-bond acceptors (Lipinski definition) is 4. The first-order valence-electron chi connectivity index (χ1n) is 5.78. The Morgan fingerprint density at radius 2 is 2.32 bits per heavy atom. The minimum atomic E-state index is -2.87. The van der Waals surface area contributed by atoms with Crippen molar-refractivity contribution in [1.29, 1.82) is 0 Å². The number of benzene rings is 1. The van der Waals surface area contributed by atoms with Gasteiger partial charge in [-0.1, -0.05) is 18.2 Å². The van der Waals surface area contributed by atoms with E-state index in [1.54, 1.807) is 30.0 Å². The fourth-order valence-corrected chi connectivity index (χ4v) is 2.67. The summed E-state index contributed by atoms with van der Waals surface area (Å²) in [6.07, 6.45) is 0. The topological polar surface area (TPSA) is 50.4 Å². The summed E-state index contributed by atoms with van der Waals surface area (Å²) in [5, 5.41) is 5.75. The van der Waals surface area contributed by atoms with E-state index in [4.69, 9.17) is 0 Å². The van der Waals surface area contributed by atoms with Crippen molar-refractivity contribution in [2.45, 2.75) is 19.2 Å². The van der Waals surface area contributed by atoms with Crippen LogP contribution >= 0.6 is 11.8 Å². The number of thioether (sulfide) groups is 1. The molecule has 0 spiro atoms. The number of halogens is 2. The van der Waals surface area contributed by atoms with Crippen LogP contribution in [0.3, 0.4) is 0 Å². The molecule has 1 aliphatic heterocycles. The highest BCUT2D eigenvalue weighted by Gasteiger charge is 2.22. The van der Waals surface area contributed by atoms with Gasteiger partial charge in [0.1, 0.15) is 5.75 Å². The summed E-state index contributed by atoms with van der Waals surface area (Å²) in [5.74, 6) is 1.44. The van der Waals surface area contributed by atoms with E-state index < -0.39 is 6.61 Å². The van der Waals surface area contributed by atoms with Crippen LogP contribution in [0.25, 0.3) is 0 Å². The SMILES string of the molecule is O=C(NCc1ccccc1OC(F)F)C1CSCN1. The molecule has 19 heavy (non-hydrogen) atoms. The second-order valence-corrected chi connectivity index (χ2v) is 5.01. The lowest BCUT2D eigenvalue weighted by atomic mass is 10.2. The summed E-state index contributed by atoms with van der Waals surface area (Å²) in [4.78, 5) is 11.8. The number of carbonyl (C=O) groups excluding carboxylic acids is 1. The van der Waals surface area contributed by atoms with Crippen LogP contribution in [-0.2, 0) is 11.3 Å². The van der Waals surface area contributed by atoms with Gasteiger partial charge in [0.05, 0.1) is 6.04 Å². The van der Waals surface area contributed by atoms with Gasteiger partial charge in [0.25, 0.3) is 0 Å². The molecule has 4 nitrogen and oxygen atoms in total. The van der Waals surface area contributed by atoms with Crippen molar-refractivity contribution < 1.29 is 18.3 Å². The lowest BCUT2D eigenvalue weighted by Gasteiger charge is -2.13. The maximum absolute atomic E-state index is 12.2. The second kappa shape index (κ2) is 6.72. The molecule has 1 unspecified atom stereocenters. The Balaban J connectivity index is 1.93. The molecule has 2 N–H and O–H groups in total. The number of nitrogens with one attached hydrogen (secondary N) is 2. The van der Waals surface area contributed by atoms with Crippen molar-refractivity contribution in [2.24, 2.45) is 0 Å². The van der Waals surface area contributed by atoms with Crippen LogP contribution in [0.2, 0.25) is 0 Å². The molecular formula is C12H14F2N2O2S. The minimum Gasteiger partial charge on any atom is -0.434 e. The van der Waals surface area contributed by atoms with Gasteiger partial charge in [-0.3, -0.25) is 10.1 Å². The van der Waals surface area contributed by atoms with Crippen molar-refractivity contribution in [3.8, 4) is 5.75 Å². The number of hydrogen-bond donors (Lipinski definition) is 2. The van der Waals surface area contributed by atoms with Gasteiger partial charge in [-0.2, -0.15) is 8.78 Å². The third-order valence-electron chi connectivity index (χ3n) is 2.67. The fourth-order valence-electron chi connectivity index (χ4n) is 1.73. The first kappa shape index (κ1) is 14.1. The Morgan fingerprint density at radius 3 is 3.00 bits per heavy atom. The van der Waals surface area contributed by atoms with E-state index in [2.05, 4.69) is 15.4 Å². The van der Waals surface area contributed by atoms with Gasteiger partial charge in [0, 0.05) is 23.7 Å². The van der Waals surface area contributed by atoms with E-state index in [-0.39, 0.29) is 24.2 Å². The second-order valence-electron chi connectivity index (χ2n) is 3.98. The summed E-state index contributed by atoms with van der Waals surface area (Å²) in [6, 6.07) is 6.21. The third-order valence-corrected chi connectivity index (χ3v) is 3.61. The predicted molar refractivity (Wildman–Crippen MR) is 69.2 cm³/mol. The molecule has 1 aromatic carbocycles. The fraction of sp³-hybridized carbons (Fsp3) is 0.417. The standard InChI is InChI=1S/C12H14F2N2O2S/c13-12(14)18-10-4-2-1-3-8(10)5-15-11(17)9-6-19-7-16-9/h1-4,9,12,16H,5-7H2,(H,15,17). The van der Waals surface area contributed by atoms with E-state index in [1.165, 1.54) is 6.07 Å². The van der Waals surface area contributed by atoms with Crippen LogP contribution in [0.5, 0.6) is 5.75 Å². The molecule has 0 radical (unpaired) electrons. The van der Waals surface area contributed by atoms with Crippen LogP contribution in [0.15, 0.2) is 24.3 Å². The normalized spacial score (nSPS) is 18.6. The molecule has 1 aromatic rings. The van der Waals surface area contributed by atoms with Gasteiger partial charge in [0.15, 0.2) is 0 Å². The highest BCUT2D eigenvalue weighted by Crippen LogP contribution is 2.20. The van der Waals surface area contributed by atoms with Crippen LogP contribution in [0.4, 0.5) is 8.78 Å². The molecule has 1 fully saturated rings. The van der Waals surface area contributed by atoms with Gasteiger partial charge < -0.3 is 10.1 Å². The zero-order valence-corrected chi connectivity index (χ0v) is 10.9. The molecule has 1 heterocycles. The Kier molecular flexibility index (Phi) is 4.98. The maximum Gasteiger partial charge on any atom is 0.387 e. The smallest absolute Gasteiger partial charge is 0.387 e. The van der Waals surface area contributed by atoms with Crippen molar-refractivity contribution in [3.63, 3.8) is 0 Å². The van der Waals surface area contributed by atoms with E-state index in [0.29, 0.717) is 5.56 Å². The number of rotatable bonds is 5. The maximum atomic E-state index is 12.2. The van der Waals surface area contributed by atoms with Crippen molar-refractivity contribution in [2.75, 3.05) is 11.6 Å². The van der Waals surface area contributed by atoms with E-state index in [1.807, 2.05) is 0 Å². The van der Waals surface area contributed by atoms with E-state index >= 15 is 0 Å². The molecule has 0 aromatic heterocycles. The zero-order valence-electron chi connectivity index (χ0n) is 10.1. The van der Waals surface area contributed by atoms with Gasteiger partial charge in [-0.25, -0.2) is 0 Å². The highest BCUT2D eigenvalue weighted by atomic mass is 32.2. The molecule has 0 aliphatic carbocycles. The largest absolute Gasteiger partial charge is 0.434 e. The molecule has 2 rings (SSSR count). The molecule has 1 amide bonds. The van der Waals surface area contributed by atoms with Crippen LogP contribution in [0, 0.1) is 0 Å². The summed E-state index contributed by atoms with van der Waals surface area (Å²) < 4.78 is 28.8. The first-order valence-corrected chi connectivity index (χ1v) is 6.94. The lowest BCUT2D eigenvalue weighted by molar-refractivity contribution is -0.122. The number of ether oxygens (including phenoxy) is 1. The molecule has 1 saturated heterocycles. The van der Waals surface area contributed by atoms with Crippen molar-refractivity contribution >= 4 is 17.7 Å². The molecule has 1 atom stereocenters. The van der Waals surface area contributed by atoms with Gasteiger partial charge in [-0.15, -0.1) is 11.8 Å². The lowest BCUT2D eigenvalue weighted by Crippen LogP contribution is -2.41. The van der Waals surface area contributed by atoms with Crippen molar-refractivity contribution in [3.05, 3.63) is 29.8 Å². The molecule has 7 heteroatoms. The van der Waals surface area contributed by atoms with Gasteiger partial charge >= 0.3 is 6.61 Å². The number of alkyl halides is 2. The average Bonchev–Trinajstić information content (AvgIpc) is 2.90. The van der Waals surface area contributed by atoms with Gasteiger partial charge in [-0.05, 0) is 6.07 Å². The monoisotopic (exact) mass is 288 g/mol. The number of carbonyl (C=O) groups is 1. The van der Waals surface area contributed by atoms with E-state index in [0.717, 1.165) is 11.6 Å². The van der Waals surface area contributed by atoms with Crippen LogP contribution in [-0.4, -0.2) is 30.2 Å². The number of para-hydroxylation sites is 1. The molecule has 104 valence electrons. The Bertz CT molecular complexity index is 439. The third kappa shape index (κ3) is 4.07. The van der Waals surface area contributed by atoms with E-state index in [9.17, 15) is 13.6 Å². The first-order chi connectivity index (χ1) is 9.16. The van der Waals surface area contributed by atoms with Crippen LogP contribution < -0.4 is 15.4 Å². The minimum absolute atomic E-state index is 0.0894. The molecule has 0 bridgehead atoms. The summed E-state index contributed by atoms with van der Waals surface area (Å²) in [6.45, 7) is -2.70. The predicted octanol–water partition coefficient (Wildman–Crippen LogP) is 1.57. The van der Waals surface area contributed by atoms with Crippen LogP contribution in [0.1, 0.15) is 5.56 Å². The Labute approximate surface area is 113 Å². The molecule has 1 aliphatic rings. The van der Waals surface area contributed by atoms with Gasteiger partial charge in [0.2, 0.25) is 5.91 Å². The Hall–Kier alpha value is -1.34. The summed E-state index contributed by atoms with van der Waals surface area (Å²) in [7, 11) is 0. The summed E-state index contributed by atoms with van der Waals surface area (Å²) in [5.41, 5.74) is 0.529. The zero-order chi connectivity index (χ0) is 13.7. The highest BCUT2D eigenvalue weighted by molar-refractivity contribution is 7.99. The average molecular weight is 288 g/mol.